The Balaban J connectivity index is 0. The van der Waals surface area contributed by atoms with Crippen LogP contribution in [0, 0.1) is 0 Å². The minimum Gasteiger partial charge on any atom is -1.00 e. The van der Waals surface area contributed by atoms with E-state index in [9.17, 15) is 0 Å². The maximum absolute atomic E-state index is 3.86. The van der Waals surface area contributed by atoms with Gasteiger partial charge < -0.3 is 21.5 Å². The third-order valence-corrected chi connectivity index (χ3v) is 3.69. The lowest BCUT2D eigenvalue weighted by Crippen LogP contribution is -3.00. The molecule has 0 bridgehead atoms. The molecule has 0 amide bonds. The van der Waals surface area contributed by atoms with Crippen molar-refractivity contribution in [2.45, 2.75) is 58.3 Å². The van der Waals surface area contributed by atoms with Crippen LogP contribution < -0.4 is 17.0 Å². The summed E-state index contributed by atoms with van der Waals surface area (Å²) in [7, 11) is 2.31. The van der Waals surface area contributed by atoms with Gasteiger partial charge in [-0.25, -0.2) is 0 Å². The van der Waals surface area contributed by atoms with Gasteiger partial charge in [0.15, 0.2) is 0 Å². The molecule has 0 aliphatic heterocycles. The first-order chi connectivity index (χ1) is 8.68. The molecule has 0 heterocycles. The van der Waals surface area contributed by atoms with E-state index in [1.165, 1.54) is 57.9 Å². The molecule has 2 heteroatoms. The Hall–Kier alpha value is -0.0800. The third-order valence-electron chi connectivity index (χ3n) is 3.69. The Kier molecular flexibility index (Phi) is 16.0. The van der Waals surface area contributed by atoms with Gasteiger partial charge in [0.2, 0.25) is 0 Å². The van der Waals surface area contributed by atoms with Gasteiger partial charge in [-0.2, -0.15) is 0 Å². The minimum atomic E-state index is 0. The van der Waals surface area contributed by atoms with E-state index in [0.717, 1.165) is 17.6 Å². The highest BCUT2D eigenvalue weighted by molar-refractivity contribution is 4.70. The van der Waals surface area contributed by atoms with Crippen LogP contribution in [0.3, 0.4) is 0 Å². The third kappa shape index (κ3) is 12.7. The van der Waals surface area contributed by atoms with Crippen molar-refractivity contribution in [2.75, 3.05) is 26.7 Å². The SMILES string of the molecule is C=CC[N+](C)(CC=C)CCCCCCCCCC.[Br-]. The molecule has 0 rings (SSSR count). The Morgan fingerprint density at radius 1 is 0.789 bits per heavy atom. The summed E-state index contributed by atoms with van der Waals surface area (Å²) < 4.78 is 1.07. The van der Waals surface area contributed by atoms with Crippen molar-refractivity contribution < 1.29 is 21.5 Å². The van der Waals surface area contributed by atoms with Crippen LogP contribution >= 0.6 is 0 Å². The molecule has 0 saturated carbocycles. The fourth-order valence-corrected chi connectivity index (χ4v) is 2.51. The smallest absolute Gasteiger partial charge is 0.0971 e. The Labute approximate surface area is 132 Å². The van der Waals surface area contributed by atoms with Crippen LogP contribution in [0.25, 0.3) is 0 Å². The summed E-state index contributed by atoms with van der Waals surface area (Å²) in [4.78, 5) is 0. The van der Waals surface area contributed by atoms with E-state index in [0.29, 0.717) is 0 Å². The van der Waals surface area contributed by atoms with Gasteiger partial charge in [0.05, 0.1) is 26.7 Å². The van der Waals surface area contributed by atoms with Crippen molar-refractivity contribution in [2.24, 2.45) is 0 Å². The van der Waals surface area contributed by atoms with E-state index >= 15 is 0 Å². The number of unbranched alkanes of at least 4 members (excludes halogenated alkanes) is 7. The second-order valence-corrected chi connectivity index (χ2v) is 5.76. The number of nitrogens with zero attached hydrogens (tertiary/aromatic N) is 1. The quantitative estimate of drug-likeness (QED) is 0.275. The normalized spacial score (nSPS) is 10.8. The first kappa shape index (κ1) is 21.2. The van der Waals surface area contributed by atoms with E-state index in [1.807, 2.05) is 12.2 Å². The standard InChI is InChI=1S/C17H34N.BrH/c1-5-8-9-10-11-12-13-14-17-18(4,15-6-2)16-7-3;/h6-7H,2-3,5,8-17H2,1,4H3;1H/q+1;/p-1. The molecule has 0 atom stereocenters. The molecule has 0 aromatic heterocycles. The number of hydrogen-bond donors (Lipinski definition) is 0. The first-order valence-corrected chi connectivity index (χ1v) is 7.74. The van der Waals surface area contributed by atoms with E-state index in [-0.39, 0.29) is 17.0 Å². The molecule has 0 aromatic carbocycles. The van der Waals surface area contributed by atoms with Crippen LogP contribution in [0.4, 0.5) is 0 Å². The second-order valence-electron chi connectivity index (χ2n) is 5.76. The summed E-state index contributed by atoms with van der Waals surface area (Å²) in [5.41, 5.74) is 0. The fraction of sp³-hybridized carbons (Fsp3) is 0.765. The molecule has 0 unspecified atom stereocenters. The maximum Gasteiger partial charge on any atom is 0.0971 e. The Morgan fingerprint density at radius 2 is 1.21 bits per heavy atom. The fourth-order valence-electron chi connectivity index (χ4n) is 2.51. The van der Waals surface area contributed by atoms with Crippen LogP contribution in [-0.2, 0) is 0 Å². The summed E-state index contributed by atoms with van der Waals surface area (Å²) in [5.74, 6) is 0. The zero-order valence-corrected chi connectivity index (χ0v) is 14.8. The number of hydrogen-bond acceptors (Lipinski definition) is 0. The molecular weight excluding hydrogens is 298 g/mol. The number of quaternary nitrogens is 1. The molecule has 1 nitrogen and oxygen atoms in total. The van der Waals surface area contributed by atoms with Crippen LogP contribution in [0.2, 0.25) is 0 Å². The zero-order valence-electron chi connectivity index (χ0n) is 13.2. The predicted octanol–water partition coefficient (Wildman–Crippen LogP) is 1.95. The summed E-state index contributed by atoms with van der Waals surface area (Å²) >= 11 is 0. The molecule has 0 aliphatic rings. The van der Waals surface area contributed by atoms with Crippen LogP contribution in [0.1, 0.15) is 58.3 Å². The topological polar surface area (TPSA) is 0 Å². The summed E-state index contributed by atoms with van der Waals surface area (Å²) in [5, 5.41) is 0. The van der Waals surface area contributed by atoms with Crippen molar-refractivity contribution in [1.82, 2.24) is 0 Å². The first-order valence-electron chi connectivity index (χ1n) is 7.74. The van der Waals surface area contributed by atoms with E-state index < -0.39 is 0 Å². The van der Waals surface area contributed by atoms with Gasteiger partial charge >= 0.3 is 0 Å². The summed E-state index contributed by atoms with van der Waals surface area (Å²) in [6, 6.07) is 0. The van der Waals surface area contributed by atoms with Crippen LogP contribution in [-0.4, -0.2) is 31.2 Å². The molecule has 0 radical (unpaired) electrons. The van der Waals surface area contributed by atoms with Crippen LogP contribution in [0.5, 0.6) is 0 Å². The van der Waals surface area contributed by atoms with E-state index in [2.05, 4.69) is 27.1 Å². The largest absolute Gasteiger partial charge is 1.00 e. The number of halogens is 1. The van der Waals surface area contributed by atoms with Crippen molar-refractivity contribution >= 4 is 0 Å². The van der Waals surface area contributed by atoms with Gasteiger partial charge in [0, 0.05) is 0 Å². The lowest BCUT2D eigenvalue weighted by Gasteiger charge is -2.32. The monoisotopic (exact) mass is 331 g/mol. The molecule has 114 valence electrons. The van der Waals surface area contributed by atoms with Crippen molar-refractivity contribution in [1.29, 1.82) is 0 Å². The lowest BCUT2D eigenvalue weighted by atomic mass is 10.1. The molecular formula is C17H34BrN. The lowest BCUT2D eigenvalue weighted by molar-refractivity contribution is -0.898. The van der Waals surface area contributed by atoms with E-state index in [1.54, 1.807) is 0 Å². The van der Waals surface area contributed by atoms with Crippen LogP contribution in [0.15, 0.2) is 25.3 Å². The van der Waals surface area contributed by atoms with Gasteiger partial charge in [0.1, 0.15) is 0 Å². The van der Waals surface area contributed by atoms with E-state index in [4.69, 9.17) is 0 Å². The molecule has 0 aliphatic carbocycles. The molecule has 0 saturated heterocycles. The average Bonchev–Trinajstić information content (AvgIpc) is 2.33. The van der Waals surface area contributed by atoms with Gasteiger partial charge in [-0.15, -0.1) is 0 Å². The highest BCUT2D eigenvalue weighted by Gasteiger charge is 2.16. The molecule has 0 spiro atoms. The summed E-state index contributed by atoms with van der Waals surface area (Å²) in [6.45, 7) is 13.4. The molecule has 0 aromatic rings. The average molecular weight is 332 g/mol. The highest BCUT2D eigenvalue weighted by Crippen LogP contribution is 2.11. The van der Waals surface area contributed by atoms with Gasteiger partial charge in [-0.1, -0.05) is 58.6 Å². The minimum absolute atomic E-state index is 0. The Morgan fingerprint density at radius 3 is 1.63 bits per heavy atom. The Bertz CT molecular complexity index is 203. The number of likely N-dealkylation sites (N-methyl/N-ethyl adjacent to an activating group) is 1. The highest BCUT2D eigenvalue weighted by atomic mass is 79.9. The van der Waals surface area contributed by atoms with Gasteiger partial charge in [-0.3, -0.25) is 0 Å². The molecule has 19 heavy (non-hydrogen) atoms. The predicted molar refractivity (Wildman–Crippen MR) is 83.8 cm³/mol. The maximum atomic E-state index is 3.86. The van der Waals surface area contributed by atoms with Crippen molar-refractivity contribution in [3.05, 3.63) is 25.3 Å². The van der Waals surface area contributed by atoms with Crippen molar-refractivity contribution in [3.63, 3.8) is 0 Å². The second kappa shape index (κ2) is 14.3. The summed E-state index contributed by atoms with van der Waals surface area (Å²) in [6.07, 6.45) is 15.2. The molecule has 0 N–H and O–H groups in total. The van der Waals surface area contributed by atoms with Crippen molar-refractivity contribution in [3.8, 4) is 0 Å². The molecule has 0 fully saturated rings. The van der Waals surface area contributed by atoms with Gasteiger partial charge in [0.25, 0.3) is 0 Å². The van der Waals surface area contributed by atoms with Gasteiger partial charge in [-0.05, 0) is 25.0 Å². The zero-order chi connectivity index (χ0) is 13.7. The number of rotatable bonds is 13.